The molecular formula is C19H19N4PS3. The molecule has 1 atom stereocenters. The Morgan fingerprint density at radius 3 is 2.26 bits per heavy atom. The first-order chi connectivity index (χ1) is 13.1. The molecular weight excluding hydrogens is 411 g/mol. The van der Waals surface area contributed by atoms with Crippen LogP contribution in [0.4, 0.5) is 5.82 Å². The predicted octanol–water partition coefficient (Wildman–Crippen LogP) is 5.98. The number of fused-ring (bicyclic) bond motifs is 1. The molecule has 2 aromatic carbocycles. The van der Waals surface area contributed by atoms with Gasteiger partial charge in [0.2, 0.25) is 0 Å². The zero-order valence-electron chi connectivity index (χ0n) is 14.8. The maximum Gasteiger partial charge on any atom is 0.198 e. The molecule has 0 radical (unpaired) electrons. The molecule has 3 aromatic rings. The van der Waals surface area contributed by atoms with Gasteiger partial charge >= 0.3 is 0 Å². The van der Waals surface area contributed by atoms with Crippen LogP contribution in [0.5, 0.6) is 0 Å². The molecule has 0 amide bonds. The number of rotatable bonds is 5. The lowest BCUT2D eigenvalue weighted by Crippen LogP contribution is -2.09. The predicted molar refractivity (Wildman–Crippen MR) is 123 cm³/mol. The Morgan fingerprint density at radius 2 is 1.59 bits per heavy atom. The van der Waals surface area contributed by atoms with Crippen LogP contribution in [0.3, 0.4) is 0 Å². The minimum Gasteiger partial charge on any atom is -0.315 e. The Kier molecular flexibility index (Phi) is 5.74. The van der Waals surface area contributed by atoms with Gasteiger partial charge in [0.15, 0.2) is 11.4 Å². The maximum absolute atomic E-state index is 5.95. The average molecular weight is 431 g/mol. The normalized spacial score (nSPS) is 18.5. The third-order valence-electron chi connectivity index (χ3n) is 4.10. The van der Waals surface area contributed by atoms with Crippen LogP contribution in [0, 0.1) is 6.92 Å². The second-order valence-electron chi connectivity index (χ2n) is 6.14. The van der Waals surface area contributed by atoms with Gasteiger partial charge in [0, 0.05) is 17.2 Å². The van der Waals surface area contributed by atoms with Crippen LogP contribution in [0.25, 0.3) is 0 Å². The molecule has 0 aliphatic carbocycles. The van der Waals surface area contributed by atoms with Crippen molar-refractivity contribution in [3.05, 3.63) is 83.0 Å². The minimum absolute atomic E-state index is 0.835. The van der Waals surface area contributed by atoms with E-state index >= 15 is 0 Å². The molecule has 1 aromatic heterocycles. The highest BCUT2D eigenvalue weighted by molar-refractivity contribution is 8.70. The monoisotopic (exact) mass is 430 g/mol. The summed E-state index contributed by atoms with van der Waals surface area (Å²) in [6.45, 7) is 2.03. The fraction of sp³-hybridized carbons (Fsp3) is 0.158. The molecule has 2 heterocycles. The van der Waals surface area contributed by atoms with Gasteiger partial charge < -0.3 is 5.09 Å². The number of H-pyrrole nitrogens is 1. The number of hydrogen-bond donors (Lipinski definition) is 2. The Labute approximate surface area is 172 Å². The van der Waals surface area contributed by atoms with E-state index in [1.54, 1.807) is 23.1 Å². The van der Waals surface area contributed by atoms with E-state index < -0.39 is 5.54 Å². The fourth-order valence-corrected chi connectivity index (χ4v) is 8.80. The zero-order chi connectivity index (χ0) is 18.7. The Morgan fingerprint density at radius 1 is 0.963 bits per heavy atom. The number of nitrogens with one attached hydrogen (secondary N) is 2. The summed E-state index contributed by atoms with van der Waals surface area (Å²) in [6.07, 6.45) is 0. The molecule has 27 heavy (non-hydrogen) atoms. The van der Waals surface area contributed by atoms with Gasteiger partial charge in [-0.1, -0.05) is 72.0 Å². The van der Waals surface area contributed by atoms with Gasteiger partial charge in [-0.3, -0.25) is 5.10 Å². The summed E-state index contributed by atoms with van der Waals surface area (Å²) in [7, 11) is 0. The zero-order valence-corrected chi connectivity index (χ0v) is 18.1. The summed E-state index contributed by atoms with van der Waals surface area (Å²) in [4.78, 5) is 0. The molecule has 4 rings (SSSR count). The number of anilines is 1. The van der Waals surface area contributed by atoms with E-state index in [9.17, 15) is 0 Å². The largest absolute Gasteiger partial charge is 0.315 e. The summed E-state index contributed by atoms with van der Waals surface area (Å²) in [5.74, 6) is 2.54. The van der Waals surface area contributed by atoms with E-state index in [1.807, 2.05) is 19.1 Å². The molecule has 1 unspecified atom stereocenters. The molecule has 0 saturated heterocycles. The lowest BCUT2D eigenvalue weighted by molar-refractivity contribution is 1.05. The molecule has 0 bridgehead atoms. The first-order valence-electron chi connectivity index (χ1n) is 8.52. The molecule has 2 N–H and O–H groups in total. The lowest BCUT2D eigenvalue weighted by atomic mass is 10.2. The van der Waals surface area contributed by atoms with Crippen molar-refractivity contribution < 1.29 is 0 Å². The molecule has 0 fully saturated rings. The summed E-state index contributed by atoms with van der Waals surface area (Å²) >= 11 is 9.40. The van der Waals surface area contributed by atoms with E-state index in [0.717, 1.165) is 33.6 Å². The highest BCUT2D eigenvalue weighted by Crippen LogP contribution is 2.63. The van der Waals surface area contributed by atoms with Gasteiger partial charge in [-0.15, -0.1) is 11.8 Å². The van der Waals surface area contributed by atoms with E-state index in [2.05, 4.69) is 63.8 Å². The topological polar surface area (TPSA) is 53.1 Å². The Balaban J connectivity index is 1.57. The quantitative estimate of drug-likeness (QED) is 0.488. The highest BCUT2D eigenvalue weighted by atomic mass is 32.9. The van der Waals surface area contributed by atoms with Gasteiger partial charge in [0.1, 0.15) is 5.04 Å². The maximum atomic E-state index is 5.95. The summed E-state index contributed by atoms with van der Waals surface area (Å²) in [6, 6.07) is 20.8. The van der Waals surface area contributed by atoms with Crippen molar-refractivity contribution in [2.24, 2.45) is 4.76 Å². The second-order valence-corrected chi connectivity index (χ2v) is 13.8. The highest BCUT2D eigenvalue weighted by Gasteiger charge is 2.30. The number of hydrogen-bond acceptors (Lipinski definition) is 4. The molecule has 0 saturated carbocycles. The van der Waals surface area contributed by atoms with E-state index in [4.69, 9.17) is 16.6 Å². The van der Waals surface area contributed by atoms with Crippen LogP contribution in [0.15, 0.2) is 65.4 Å². The summed E-state index contributed by atoms with van der Waals surface area (Å²) < 4.78 is 5.02. The Bertz CT molecular complexity index is 1000. The Hall–Kier alpha value is -1.53. The van der Waals surface area contributed by atoms with Crippen molar-refractivity contribution in [2.45, 2.75) is 18.4 Å². The summed E-state index contributed by atoms with van der Waals surface area (Å²) in [5.41, 5.74) is 2.41. The van der Waals surface area contributed by atoms with Crippen LogP contribution in [0.1, 0.15) is 22.4 Å². The minimum atomic E-state index is -2.19. The van der Waals surface area contributed by atoms with Crippen molar-refractivity contribution in [1.82, 2.24) is 10.2 Å². The third kappa shape index (κ3) is 4.49. The van der Waals surface area contributed by atoms with Crippen molar-refractivity contribution in [3.8, 4) is 0 Å². The van der Waals surface area contributed by atoms with Crippen LogP contribution >= 0.6 is 28.7 Å². The molecule has 1 aliphatic rings. The van der Waals surface area contributed by atoms with E-state index in [1.165, 1.54) is 11.1 Å². The molecule has 138 valence electrons. The average Bonchev–Trinajstić information content (AvgIpc) is 3.06. The van der Waals surface area contributed by atoms with Crippen LogP contribution in [-0.2, 0) is 23.3 Å². The van der Waals surface area contributed by atoms with Crippen LogP contribution in [0.2, 0.25) is 0 Å². The number of thioether (sulfide) groups is 1. The smallest absolute Gasteiger partial charge is 0.198 e. The fourth-order valence-electron chi connectivity index (χ4n) is 2.72. The molecule has 0 spiro atoms. The number of aryl methyl sites for hydroxylation is 1. The van der Waals surface area contributed by atoms with Gasteiger partial charge in [0.05, 0.1) is 5.56 Å². The van der Waals surface area contributed by atoms with E-state index in [-0.39, 0.29) is 0 Å². The van der Waals surface area contributed by atoms with Gasteiger partial charge in [0.25, 0.3) is 0 Å². The van der Waals surface area contributed by atoms with Crippen LogP contribution in [-0.4, -0.2) is 15.2 Å². The lowest BCUT2D eigenvalue weighted by Gasteiger charge is -2.25. The van der Waals surface area contributed by atoms with Gasteiger partial charge in [-0.2, -0.15) is 5.10 Å². The third-order valence-corrected chi connectivity index (χ3v) is 10.5. The standard InChI is InChI=1S/C19H19N4PS3/c1-14-17-18(21-20-14)22-24(25,27-13-16-10-6-3-7-11-16)23-19(17)26-12-15-8-4-2-5-9-15/h2-11H,12-13H2,1H3,(H2,20,21,22,23,25). The first kappa shape index (κ1) is 18.8. The SMILES string of the molecule is Cc1[nH]nc2c1C(SCc1ccccc1)=NP(=S)(SCc1ccccc1)N2. The second kappa shape index (κ2) is 8.23. The first-order valence-corrected chi connectivity index (χ1v) is 13.9. The molecule has 1 aliphatic heterocycles. The number of benzene rings is 2. The van der Waals surface area contributed by atoms with Gasteiger partial charge in [-0.05, 0) is 29.9 Å². The van der Waals surface area contributed by atoms with Crippen molar-refractivity contribution in [2.75, 3.05) is 5.09 Å². The number of nitrogens with zero attached hydrogens (tertiary/aromatic N) is 2. The van der Waals surface area contributed by atoms with Gasteiger partial charge in [-0.25, -0.2) is 4.76 Å². The van der Waals surface area contributed by atoms with Crippen LogP contribution < -0.4 is 5.09 Å². The van der Waals surface area contributed by atoms with E-state index in [0.29, 0.717) is 0 Å². The molecule has 8 heteroatoms. The van der Waals surface area contributed by atoms with Crippen molar-refractivity contribution in [1.29, 1.82) is 0 Å². The van der Waals surface area contributed by atoms with Crippen molar-refractivity contribution in [3.63, 3.8) is 0 Å². The number of aromatic amines is 1. The van der Waals surface area contributed by atoms with Crippen molar-refractivity contribution >= 4 is 51.4 Å². The number of aromatic nitrogens is 2. The summed E-state index contributed by atoms with van der Waals surface area (Å²) in [5, 5.41) is 11.9. The molecule has 4 nitrogen and oxygen atoms in total.